The quantitative estimate of drug-likeness (QED) is 0.427. The second-order valence-electron chi connectivity index (χ2n) is 6.19. The van der Waals surface area contributed by atoms with E-state index in [1.54, 1.807) is 30.3 Å². The maximum atomic E-state index is 12.3. The van der Waals surface area contributed by atoms with Crippen molar-refractivity contribution in [3.05, 3.63) is 77.4 Å². The van der Waals surface area contributed by atoms with Gasteiger partial charge in [-0.25, -0.2) is 5.43 Å². The number of carbonyl (C=O) groups is 3. The fourth-order valence-electron chi connectivity index (χ4n) is 3.14. The molecule has 4 rings (SSSR count). The summed E-state index contributed by atoms with van der Waals surface area (Å²) in [5, 5.41) is 15.4. The molecule has 0 atom stereocenters. The molecule has 0 heterocycles. The summed E-state index contributed by atoms with van der Waals surface area (Å²) in [5.74, 6) is -2.55. The number of carbonyl (C=O) groups excluding carboxylic acids is 3. The molecule has 0 saturated heterocycles. The maximum Gasteiger partial charge on any atom is 0.275 e. The van der Waals surface area contributed by atoms with Gasteiger partial charge in [0.1, 0.15) is 11.7 Å². The highest BCUT2D eigenvalue weighted by atomic mass is 16.3. The third kappa shape index (κ3) is 2.87. The summed E-state index contributed by atoms with van der Waals surface area (Å²) < 4.78 is 0. The molecular weight excluding hydrogens is 344 g/mol. The number of fused-ring (bicyclic) bond motifs is 2. The number of rotatable bonds is 3. The molecule has 132 valence electrons. The van der Waals surface area contributed by atoms with E-state index in [2.05, 4.69) is 10.5 Å². The van der Waals surface area contributed by atoms with E-state index < -0.39 is 11.8 Å². The molecule has 0 aromatic heterocycles. The van der Waals surface area contributed by atoms with Crippen LogP contribution in [0, 0.1) is 5.92 Å². The number of nitrogens with zero attached hydrogens (tertiary/aromatic N) is 1. The maximum absolute atomic E-state index is 12.3. The Kier molecular flexibility index (Phi) is 4.01. The molecule has 0 radical (unpaired) electrons. The van der Waals surface area contributed by atoms with Crippen LogP contribution in [0.4, 0.5) is 0 Å². The number of phenolic OH excluding ortho intramolecular Hbond substituents is 1. The largest absolute Gasteiger partial charge is 0.507 e. The number of hydrazone groups is 1. The summed E-state index contributed by atoms with van der Waals surface area (Å²) in [7, 11) is 0. The lowest BCUT2D eigenvalue weighted by Crippen LogP contribution is -2.22. The van der Waals surface area contributed by atoms with Gasteiger partial charge in [0.05, 0.1) is 5.56 Å². The van der Waals surface area contributed by atoms with Crippen molar-refractivity contribution in [2.75, 3.05) is 0 Å². The van der Waals surface area contributed by atoms with Crippen LogP contribution >= 0.6 is 0 Å². The van der Waals surface area contributed by atoms with Crippen LogP contribution in [0.25, 0.3) is 10.8 Å². The molecule has 1 amide bonds. The van der Waals surface area contributed by atoms with Gasteiger partial charge in [-0.15, -0.1) is 0 Å². The Morgan fingerprint density at radius 1 is 0.926 bits per heavy atom. The van der Waals surface area contributed by atoms with Gasteiger partial charge in [-0.3, -0.25) is 14.4 Å². The molecule has 6 heteroatoms. The van der Waals surface area contributed by atoms with Gasteiger partial charge in [-0.1, -0.05) is 48.5 Å². The molecule has 1 aliphatic rings. The summed E-state index contributed by atoms with van der Waals surface area (Å²) >= 11 is 0. The standard InChI is InChI=1S/C21H14N2O4/c24-18-10-13-6-2-1-5-12(13)9-16(18)21(27)23-22-11-17-19(25)14-7-3-4-8-15(14)20(17)26/h1-11,17,24H,(H,23,27). The van der Waals surface area contributed by atoms with E-state index in [4.69, 9.17) is 0 Å². The third-order valence-electron chi connectivity index (χ3n) is 4.52. The van der Waals surface area contributed by atoms with Crippen LogP contribution in [0.1, 0.15) is 31.1 Å². The van der Waals surface area contributed by atoms with Gasteiger partial charge >= 0.3 is 0 Å². The van der Waals surface area contributed by atoms with Gasteiger partial charge in [-0.2, -0.15) is 5.10 Å². The molecule has 0 unspecified atom stereocenters. The first-order valence-corrected chi connectivity index (χ1v) is 8.29. The van der Waals surface area contributed by atoms with Gasteiger partial charge < -0.3 is 5.11 Å². The van der Waals surface area contributed by atoms with Crippen LogP contribution in [0.3, 0.4) is 0 Å². The Labute approximate surface area is 154 Å². The minimum atomic E-state index is -1.05. The fourth-order valence-corrected chi connectivity index (χ4v) is 3.14. The van der Waals surface area contributed by atoms with Crippen LogP contribution in [0.5, 0.6) is 5.75 Å². The highest BCUT2D eigenvalue weighted by Crippen LogP contribution is 2.26. The fraction of sp³-hybridized carbons (Fsp3) is 0.0476. The lowest BCUT2D eigenvalue weighted by Gasteiger charge is -2.06. The average molecular weight is 358 g/mol. The molecule has 27 heavy (non-hydrogen) atoms. The number of hydrogen-bond acceptors (Lipinski definition) is 5. The van der Waals surface area contributed by atoms with Crippen LogP contribution < -0.4 is 5.43 Å². The number of ketones is 2. The molecule has 0 aliphatic heterocycles. The summed E-state index contributed by atoms with van der Waals surface area (Å²) in [6.45, 7) is 0. The second-order valence-corrected chi connectivity index (χ2v) is 6.19. The lowest BCUT2D eigenvalue weighted by atomic mass is 10.1. The van der Waals surface area contributed by atoms with Crippen molar-refractivity contribution in [2.24, 2.45) is 11.0 Å². The first kappa shape index (κ1) is 16.7. The Hall–Kier alpha value is -3.80. The third-order valence-corrected chi connectivity index (χ3v) is 4.52. The van der Waals surface area contributed by atoms with E-state index in [-0.39, 0.29) is 22.9 Å². The van der Waals surface area contributed by atoms with E-state index in [1.165, 1.54) is 6.07 Å². The molecular formula is C21H14N2O4. The number of nitrogens with one attached hydrogen (secondary N) is 1. The van der Waals surface area contributed by atoms with E-state index in [1.807, 2.05) is 24.3 Å². The average Bonchev–Trinajstić information content (AvgIpc) is 2.92. The summed E-state index contributed by atoms with van der Waals surface area (Å²) in [6, 6.07) is 16.9. The van der Waals surface area contributed by atoms with Crippen molar-refractivity contribution in [3.63, 3.8) is 0 Å². The van der Waals surface area contributed by atoms with Crippen LogP contribution in [0.2, 0.25) is 0 Å². The summed E-state index contributed by atoms with van der Waals surface area (Å²) in [4.78, 5) is 36.9. The van der Waals surface area contributed by atoms with Crippen LogP contribution in [0.15, 0.2) is 65.8 Å². The molecule has 3 aromatic carbocycles. The van der Waals surface area contributed by atoms with Crippen LogP contribution in [-0.2, 0) is 0 Å². The second kappa shape index (κ2) is 6.49. The minimum Gasteiger partial charge on any atom is -0.507 e. The highest BCUT2D eigenvalue weighted by Gasteiger charge is 2.37. The molecule has 0 saturated carbocycles. The molecule has 3 aromatic rings. The zero-order valence-corrected chi connectivity index (χ0v) is 14.0. The highest BCUT2D eigenvalue weighted by molar-refractivity contribution is 6.33. The van der Waals surface area contributed by atoms with Gasteiger partial charge in [0.15, 0.2) is 11.6 Å². The van der Waals surface area contributed by atoms with Crippen molar-refractivity contribution < 1.29 is 19.5 Å². The first-order valence-electron chi connectivity index (χ1n) is 8.29. The lowest BCUT2D eigenvalue weighted by molar-refractivity contribution is 0.0880. The molecule has 0 fully saturated rings. The molecule has 0 bridgehead atoms. The molecule has 1 aliphatic carbocycles. The topological polar surface area (TPSA) is 95.8 Å². The van der Waals surface area contributed by atoms with E-state index in [0.29, 0.717) is 11.1 Å². The Balaban J connectivity index is 1.53. The van der Waals surface area contributed by atoms with Gasteiger partial charge in [0.25, 0.3) is 5.91 Å². The number of phenols is 1. The minimum absolute atomic E-state index is 0.0539. The predicted molar refractivity (Wildman–Crippen MR) is 100 cm³/mol. The zero-order chi connectivity index (χ0) is 19.0. The molecule has 2 N–H and O–H groups in total. The number of Topliss-reactive ketones (excluding diaryl/α,β-unsaturated/α-hetero) is 2. The Morgan fingerprint density at radius 3 is 2.11 bits per heavy atom. The van der Waals surface area contributed by atoms with E-state index in [9.17, 15) is 19.5 Å². The molecule has 6 nitrogen and oxygen atoms in total. The van der Waals surface area contributed by atoms with Crippen LogP contribution in [-0.4, -0.2) is 28.8 Å². The number of hydrogen-bond donors (Lipinski definition) is 2. The molecule has 0 spiro atoms. The van der Waals surface area contributed by atoms with Crippen molar-refractivity contribution in [3.8, 4) is 5.75 Å². The smallest absolute Gasteiger partial charge is 0.275 e. The number of benzene rings is 3. The predicted octanol–water partition coefficient (Wildman–Crippen LogP) is 2.96. The van der Waals surface area contributed by atoms with E-state index >= 15 is 0 Å². The van der Waals surface area contributed by atoms with Gasteiger partial charge in [0, 0.05) is 17.3 Å². The first-order chi connectivity index (χ1) is 13.1. The SMILES string of the molecule is O=C(NN=CC1C(=O)c2ccccc2C1=O)c1cc2ccccc2cc1O. The monoisotopic (exact) mass is 358 g/mol. The summed E-state index contributed by atoms with van der Waals surface area (Å²) in [5.41, 5.74) is 3.04. The Bertz CT molecular complexity index is 1100. The van der Waals surface area contributed by atoms with Gasteiger partial charge in [0.2, 0.25) is 0 Å². The Morgan fingerprint density at radius 2 is 1.48 bits per heavy atom. The van der Waals surface area contributed by atoms with E-state index in [0.717, 1.165) is 17.0 Å². The van der Waals surface area contributed by atoms with Crippen molar-refractivity contribution in [1.29, 1.82) is 0 Å². The van der Waals surface area contributed by atoms with Crippen molar-refractivity contribution >= 4 is 34.5 Å². The summed E-state index contributed by atoms with van der Waals surface area (Å²) in [6.07, 6.45) is 1.13. The zero-order valence-electron chi connectivity index (χ0n) is 14.0. The van der Waals surface area contributed by atoms with Crippen molar-refractivity contribution in [2.45, 2.75) is 0 Å². The number of aromatic hydroxyl groups is 1. The van der Waals surface area contributed by atoms with Gasteiger partial charge in [-0.05, 0) is 22.9 Å². The number of amides is 1. The normalized spacial score (nSPS) is 14.1. The van der Waals surface area contributed by atoms with Crippen molar-refractivity contribution in [1.82, 2.24) is 5.43 Å².